The predicted octanol–water partition coefficient (Wildman–Crippen LogP) is 0.992. The highest BCUT2D eigenvalue weighted by atomic mass is 16.5. The Morgan fingerprint density at radius 2 is 2.17 bits per heavy atom. The lowest BCUT2D eigenvalue weighted by Crippen LogP contribution is -2.27. The van der Waals surface area contributed by atoms with E-state index in [1.165, 1.54) is 32.2 Å². The molecule has 3 heteroatoms. The van der Waals surface area contributed by atoms with E-state index in [1.807, 2.05) is 0 Å². The van der Waals surface area contributed by atoms with Gasteiger partial charge >= 0.3 is 6.47 Å². The molecule has 1 radical (unpaired) electrons. The predicted molar refractivity (Wildman–Crippen MR) is 46.5 cm³/mol. The Morgan fingerprint density at radius 1 is 1.42 bits per heavy atom. The smallest absolute Gasteiger partial charge is 0.417 e. The van der Waals surface area contributed by atoms with Crippen LogP contribution in [-0.4, -0.2) is 25.7 Å². The van der Waals surface area contributed by atoms with Crippen LogP contribution in [0, 0.1) is 0 Å². The van der Waals surface area contributed by atoms with Gasteiger partial charge in [0.05, 0.1) is 6.61 Å². The van der Waals surface area contributed by atoms with Crippen LogP contribution in [0.15, 0.2) is 0 Å². The summed E-state index contributed by atoms with van der Waals surface area (Å²) in [4.78, 5) is 9.66. The molecule has 1 fully saturated rings. The summed E-state index contributed by atoms with van der Waals surface area (Å²) in [5, 5.41) is 3.43. The summed E-state index contributed by atoms with van der Waals surface area (Å²) in [6.45, 7) is 2.86. The quantitative estimate of drug-likeness (QED) is 0.604. The molecule has 1 rings (SSSR count). The van der Waals surface area contributed by atoms with Crippen LogP contribution in [-0.2, 0) is 9.53 Å². The number of hydrogen-bond donors (Lipinski definition) is 1. The molecule has 1 aliphatic carbocycles. The maximum absolute atomic E-state index is 9.66. The van der Waals surface area contributed by atoms with Gasteiger partial charge in [0.2, 0.25) is 0 Å². The molecule has 0 amide bonds. The molecule has 0 spiro atoms. The Balaban J connectivity index is 1.84. The Hall–Kier alpha value is -0.570. The third-order valence-corrected chi connectivity index (χ3v) is 2.27. The van der Waals surface area contributed by atoms with Crippen LogP contribution in [0.5, 0.6) is 0 Å². The van der Waals surface area contributed by atoms with E-state index in [0.29, 0.717) is 12.6 Å². The normalized spacial score (nSPS) is 18.0. The Kier molecular flexibility index (Phi) is 4.76. The van der Waals surface area contributed by atoms with Gasteiger partial charge in [-0.3, -0.25) is 0 Å². The van der Waals surface area contributed by atoms with E-state index in [-0.39, 0.29) is 0 Å². The summed E-state index contributed by atoms with van der Waals surface area (Å²) in [6.07, 6.45) is 6.22. The van der Waals surface area contributed by atoms with Crippen molar-refractivity contribution < 1.29 is 9.53 Å². The van der Waals surface area contributed by atoms with E-state index in [2.05, 4.69) is 10.1 Å². The fraction of sp³-hybridized carbons (Fsp3) is 0.889. The zero-order chi connectivity index (χ0) is 8.65. The zero-order valence-corrected chi connectivity index (χ0v) is 7.34. The average Bonchev–Trinajstić information content (AvgIpc) is 2.57. The monoisotopic (exact) mass is 170 g/mol. The standard InChI is InChI=1S/C9H16NO2/c11-8-12-7-3-6-10-9-4-1-2-5-9/h9-10H,1-7H2. The first-order valence-electron chi connectivity index (χ1n) is 4.66. The van der Waals surface area contributed by atoms with E-state index < -0.39 is 0 Å². The van der Waals surface area contributed by atoms with Crippen LogP contribution in [0.25, 0.3) is 0 Å². The molecule has 69 valence electrons. The number of nitrogens with one attached hydrogen (secondary N) is 1. The lowest BCUT2D eigenvalue weighted by atomic mass is 10.2. The molecule has 0 aromatic rings. The lowest BCUT2D eigenvalue weighted by molar-refractivity contribution is 0.269. The summed E-state index contributed by atoms with van der Waals surface area (Å²) in [5.74, 6) is 0. The van der Waals surface area contributed by atoms with Crippen molar-refractivity contribution in [3.8, 4) is 0 Å². The van der Waals surface area contributed by atoms with Gasteiger partial charge < -0.3 is 10.1 Å². The second kappa shape index (κ2) is 6.00. The summed E-state index contributed by atoms with van der Waals surface area (Å²) < 4.78 is 4.45. The largest absolute Gasteiger partial charge is 0.457 e. The SMILES string of the molecule is O=[C]OCCCNC1CCCC1. The van der Waals surface area contributed by atoms with Crippen molar-refractivity contribution in [2.24, 2.45) is 0 Å². The number of rotatable bonds is 6. The van der Waals surface area contributed by atoms with Crippen LogP contribution in [0.2, 0.25) is 0 Å². The van der Waals surface area contributed by atoms with Gasteiger partial charge in [0.1, 0.15) is 0 Å². The van der Waals surface area contributed by atoms with Gasteiger partial charge in [-0.15, -0.1) is 0 Å². The molecule has 0 saturated heterocycles. The first-order valence-corrected chi connectivity index (χ1v) is 4.66. The number of hydrogen-bond acceptors (Lipinski definition) is 3. The topological polar surface area (TPSA) is 38.3 Å². The summed E-state index contributed by atoms with van der Waals surface area (Å²) in [5.41, 5.74) is 0. The molecule has 0 aromatic heterocycles. The molecule has 0 aromatic carbocycles. The Labute approximate surface area is 73.5 Å². The molecule has 12 heavy (non-hydrogen) atoms. The maximum Gasteiger partial charge on any atom is 0.417 e. The van der Waals surface area contributed by atoms with Crippen LogP contribution in [0.4, 0.5) is 0 Å². The van der Waals surface area contributed by atoms with Gasteiger partial charge in [-0.25, -0.2) is 4.79 Å². The molecular weight excluding hydrogens is 154 g/mol. The van der Waals surface area contributed by atoms with Crippen molar-refractivity contribution in [3.63, 3.8) is 0 Å². The van der Waals surface area contributed by atoms with E-state index in [0.717, 1.165) is 13.0 Å². The van der Waals surface area contributed by atoms with Gasteiger partial charge in [0.15, 0.2) is 0 Å². The third kappa shape index (κ3) is 3.72. The molecule has 0 unspecified atom stereocenters. The van der Waals surface area contributed by atoms with E-state index in [4.69, 9.17) is 0 Å². The zero-order valence-electron chi connectivity index (χ0n) is 7.34. The molecule has 1 saturated carbocycles. The van der Waals surface area contributed by atoms with E-state index in [9.17, 15) is 4.79 Å². The van der Waals surface area contributed by atoms with Crippen LogP contribution >= 0.6 is 0 Å². The fourth-order valence-corrected chi connectivity index (χ4v) is 1.62. The van der Waals surface area contributed by atoms with Gasteiger partial charge in [-0.1, -0.05) is 12.8 Å². The average molecular weight is 170 g/mol. The second-order valence-electron chi connectivity index (χ2n) is 3.22. The highest BCUT2D eigenvalue weighted by Crippen LogP contribution is 2.17. The van der Waals surface area contributed by atoms with Crippen molar-refractivity contribution >= 4 is 6.47 Å². The first-order chi connectivity index (χ1) is 5.93. The van der Waals surface area contributed by atoms with Crippen molar-refractivity contribution in [3.05, 3.63) is 0 Å². The highest BCUT2D eigenvalue weighted by Gasteiger charge is 2.12. The molecular formula is C9H16NO2. The van der Waals surface area contributed by atoms with Crippen molar-refractivity contribution in [2.75, 3.05) is 13.2 Å². The minimum absolute atomic E-state index is 0.489. The molecule has 3 nitrogen and oxygen atoms in total. The van der Waals surface area contributed by atoms with Crippen molar-refractivity contribution in [1.29, 1.82) is 0 Å². The third-order valence-electron chi connectivity index (χ3n) is 2.27. The first kappa shape index (κ1) is 9.52. The second-order valence-corrected chi connectivity index (χ2v) is 3.22. The lowest BCUT2D eigenvalue weighted by Gasteiger charge is -2.10. The maximum atomic E-state index is 9.66. The van der Waals surface area contributed by atoms with Gasteiger partial charge in [-0.2, -0.15) is 0 Å². The van der Waals surface area contributed by atoms with Crippen molar-refractivity contribution in [2.45, 2.75) is 38.1 Å². The van der Waals surface area contributed by atoms with Crippen molar-refractivity contribution in [1.82, 2.24) is 5.32 Å². The summed E-state index contributed by atoms with van der Waals surface area (Å²) >= 11 is 0. The molecule has 0 bridgehead atoms. The minimum atomic E-state index is 0.489. The Morgan fingerprint density at radius 3 is 2.83 bits per heavy atom. The highest BCUT2D eigenvalue weighted by molar-refractivity contribution is 5.37. The Bertz CT molecular complexity index is 122. The molecule has 0 aliphatic heterocycles. The number of ether oxygens (including phenoxy) is 1. The molecule has 1 N–H and O–H groups in total. The molecule has 0 heterocycles. The van der Waals surface area contributed by atoms with E-state index >= 15 is 0 Å². The van der Waals surface area contributed by atoms with Gasteiger partial charge in [0.25, 0.3) is 0 Å². The van der Waals surface area contributed by atoms with Gasteiger partial charge in [0, 0.05) is 6.04 Å². The van der Waals surface area contributed by atoms with E-state index in [1.54, 1.807) is 0 Å². The number of carbonyl (C=O) groups excluding carboxylic acids is 1. The minimum Gasteiger partial charge on any atom is -0.457 e. The fourth-order valence-electron chi connectivity index (χ4n) is 1.62. The molecule has 1 aliphatic rings. The van der Waals surface area contributed by atoms with Crippen LogP contribution in [0.1, 0.15) is 32.1 Å². The molecule has 0 atom stereocenters. The van der Waals surface area contributed by atoms with Gasteiger partial charge in [-0.05, 0) is 25.8 Å². The van der Waals surface area contributed by atoms with Crippen LogP contribution < -0.4 is 5.32 Å². The summed E-state index contributed by atoms with van der Waals surface area (Å²) in [6, 6.07) is 0.713. The summed E-state index contributed by atoms with van der Waals surface area (Å²) in [7, 11) is 0. The van der Waals surface area contributed by atoms with Crippen LogP contribution in [0.3, 0.4) is 0 Å².